The maximum Gasteiger partial charge on any atom is 0.260 e. The molecule has 2 aliphatic heterocycles. The number of aliphatic hydroxyl groups is 2. The van der Waals surface area contributed by atoms with Crippen molar-refractivity contribution in [3.63, 3.8) is 0 Å². The fourth-order valence-electron chi connectivity index (χ4n) is 2.66. The van der Waals surface area contributed by atoms with Crippen LogP contribution in [-0.2, 0) is 4.79 Å². The third-order valence-corrected chi connectivity index (χ3v) is 3.76. The van der Waals surface area contributed by atoms with Gasteiger partial charge in [0.05, 0.1) is 11.8 Å². The lowest BCUT2D eigenvalue weighted by atomic mass is 10.1. The summed E-state index contributed by atoms with van der Waals surface area (Å²) in [6.45, 7) is 1.44. The summed E-state index contributed by atoms with van der Waals surface area (Å²) in [6.07, 6.45) is -0.541. The molecule has 2 N–H and O–H groups in total. The van der Waals surface area contributed by atoms with Gasteiger partial charge < -0.3 is 20.0 Å². The molecule has 1 fully saturated rings. The largest absolute Gasteiger partial charge is 0.391 e. The van der Waals surface area contributed by atoms with Gasteiger partial charge in [0.2, 0.25) is 0 Å². The predicted molar refractivity (Wildman–Crippen MR) is 67.6 cm³/mol. The number of anilines is 2. The second-order valence-corrected chi connectivity index (χ2v) is 4.93. The van der Waals surface area contributed by atoms with Crippen molar-refractivity contribution in [2.75, 3.05) is 29.9 Å². The number of carbonyl (C=O) groups excluding carboxylic acids is 1. The minimum absolute atomic E-state index is 0.275. The Morgan fingerprint density at radius 2 is 2.11 bits per heavy atom. The molecule has 1 saturated heterocycles. The number of β-amino-alcohol motifs (C(OH)–C–C–N with tert-alkyl or cyclic N) is 1. The third kappa shape index (κ3) is 1.59. The smallest absolute Gasteiger partial charge is 0.260 e. The molecule has 0 spiro atoms. The van der Waals surface area contributed by atoms with E-state index in [4.69, 9.17) is 0 Å². The molecular weight excluding hydrogens is 232 g/mol. The van der Waals surface area contributed by atoms with Crippen molar-refractivity contribution in [2.24, 2.45) is 0 Å². The molecule has 5 nitrogen and oxygen atoms in total. The zero-order chi connectivity index (χ0) is 12.9. The van der Waals surface area contributed by atoms with Gasteiger partial charge in [0.1, 0.15) is 0 Å². The highest BCUT2D eigenvalue weighted by Crippen LogP contribution is 2.37. The Morgan fingerprint density at radius 3 is 2.78 bits per heavy atom. The van der Waals surface area contributed by atoms with Crippen molar-refractivity contribution in [2.45, 2.75) is 18.6 Å². The average molecular weight is 248 g/mol. The van der Waals surface area contributed by atoms with E-state index >= 15 is 0 Å². The molecule has 2 heterocycles. The zero-order valence-electron chi connectivity index (χ0n) is 10.2. The Bertz CT molecular complexity index is 503. The van der Waals surface area contributed by atoms with Gasteiger partial charge in [-0.25, -0.2) is 0 Å². The molecule has 2 unspecified atom stereocenters. The number of carbonyl (C=O) groups is 1. The highest BCUT2D eigenvalue weighted by Gasteiger charge is 2.34. The molecule has 0 bridgehead atoms. The molecule has 18 heavy (non-hydrogen) atoms. The Hall–Kier alpha value is -1.59. The number of aliphatic hydroxyl groups excluding tert-OH is 2. The number of benzene rings is 1. The summed E-state index contributed by atoms with van der Waals surface area (Å²) in [5, 5.41) is 19.3. The SMILES string of the molecule is CN1C(=O)C(O)c2ccc(N3CCC(O)C3)cc21. The van der Waals surface area contributed by atoms with Crippen LogP contribution in [0, 0.1) is 0 Å². The normalized spacial score (nSPS) is 26.9. The monoisotopic (exact) mass is 248 g/mol. The van der Waals surface area contributed by atoms with E-state index in [0.717, 1.165) is 24.3 Å². The van der Waals surface area contributed by atoms with Crippen LogP contribution in [0.5, 0.6) is 0 Å². The van der Waals surface area contributed by atoms with Crippen LogP contribution in [0.15, 0.2) is 18.2 Å². The molecule has 0 aliphatic carbocycles. The van der Waals surface area contributed by atoms with Crippen LogP contribution < -0.4 is 9.80 Å². The summed E-state index contributed by atoms with van der Waals surface area (Å²) in [6, 6.07) is 5.59. The minimum atomic E-state index is -1.04. The quantitative estimate of drug-likeness (QED) is 0.748. The maximum atomic E-state index is 11.7. The van der Waals surface area contributed by atoms with Gasteiger partial charge >= 0.3 is 0 Å². The first-order valence-electron chi connectivity index (χ1n) is 6.10. The first-order chi connectivity index (χ1) is 8.58. The maximum absolute atomic E-state index is 11.7. The molecule has 0 radical (unpaired) electrons. The summed E-state index contributed by atoms with van der Waals surface area (Å²) < 4.78 is 0. The second kappa shape index (κ2) is 3.96. The van der Waals surface area contributed by atoms with Gasteiger partial charge in [0.15, 0.2) is 6.10 Å². The van der Waals surface area contributed by atoms with E-state index in [9.17, 15) is 15.0 Å². The fourth-order valence-corrected chi connectivity index (χ4v) is 2.66. The number of likely N-dealkylation sites (N-methyl/N-ethyl adjacent to an activating group) is 1. The lowest BCUT2D eigenvalue weighted by molar-refractivity contribution is -0.125. The van der Waals surface area contributed by atoms with Crippen molar-refractivity contribution in [1.29, 1.82) is 0 Å². The Balaban J connectivity index is 1.95. The minimum Gasteiger partial charge on any atom is -0.391 e. The molecule has 1 aromatic rings. The van der Waals surface area contributed by atoms with E-state index in [1.54, 1.807) is 13.1 Å². The van der Waals surface area contributed by atoms with Crippen molar-refractivity contribution in [1.82, 2.24) is 0 Å². The lowest BCUT2D eigenvalue weighted by Gasteiger charge is -2.19. The van der Waals surface area contributed by atoms with E-state index < -0.39 is 6.10 Å². The molecule has 1 aromatic carbocycles. The van der Waals surface area contributed by atoms with E-state index in [1.165, 1.54) is 4.90 Å². The summed E-state index contributed by atoms with van der Waals surface area (Å²) in [5.41, 5.74) is 2.40. The summed E-state index contributed by atoms with van der Waals surface area (Å²) in [4.78, 5) is 15.2. The lowest BCUT2D eigenvalue weighted by Crippen LogP contribution is -2.24. The summed E-state index contributed by atoms with van der Waals surface area (Å²) >= 11 is 0. The van der Waals surface area contributed by atoms with Crippen LogP contribution in [0.25, 0.3) is 0 Å². The van der Waals surface area contributed by atoms with Crippen molar-refractivity contribution >= 4 is 17.3 Å². The van der Waals surface area contributed by atoms with E-state index in [2.05, 4.69) is 4.90 Å². The number of fused-ring (bicyclic) bond motifs is 1. The van der Waals surface area contributed by atoms with Crippen LogP contribution in [0.1, 0.15) is 18.1 Å². The van der Waals surface area contributed by atoms with Gasteiger partial charge in [-0.15, -0.1) is 0 Å². The topological polar surface area (TPSA) is 64.0 Å². The fraction of sp³-hybridized carbons (Fsp3) is 0.462. The van der Waals surface area contributed by atoms with Gasteiger partial charge in [-0.3, -0.25) is 4.79 Å². The van der Waals surface area contributed by atoms with Crippen LogP contribution in [0.4, 0.5) is 11.4 Å². The van der Waals surface area contributed by atoms with Gasteiger partial charge in [-0.1, -0.05) is 6.07 Å². The molecule has 5 heteroatoms. The number of hydrogen-bond acceptors (Lipinski definition) is 4. The molecule has 3 rings (SSSR count). The molecule has 0 aromatic heterocycles. The molecule has 2 aliphatic rings. The van der Waals surface area contributed by atoms with Crippen LogP contribution >= 0.6 is 0 Å². The number of amides is 1. The Labute approximate surface area is 105 Å². The first kappa shape index (κ1) is 11.5. The highest BCUT2D eigenvalue weighted by molar-refractivity contribution is 6.03. The van der Waals surface area contributed by atoms with Crippen LogP contribution in [-0.4, -0.2) is 42.4 Å². The standard InChI is InChI=1S/C13H16N2O3/c1-14-11-6-8(15-5-4-9(16)7-15)2-3-10(11)12(17)13(14)18/h2-3,6,9,12,16-17H,4-5,7H2,1H3. The number of nitrogens with zero attached hydrogens (tertiary/aromatic N) is 2. The van der Waals surface area contributed by atoms with Crippen molar-refractivity contribution in [3.8, 4) is 0 Å². The zero-order valence-corrected chi connectivity index (χ0v) is 10.2. The molecule has 0 saturated carbocycles. The first-order valence-corrected chi connectivity index (χ1v) is 6.10. The average Bonchev–Trinajstić information content (AvgIpc) is 2.89. The Kier molecular flexibility index (Phi) is 2.53. The molecule has 2 atom stereocenters. The van der Waals surface area contributed by atoms with Gasteiger partial charge in [0, 0.05) is 31.4 Å². The third-order valence-electron chi connectivity index (χ3n) is 3.76. The van der Waals surface area contributed by atoms with Gasteiger partial charge in [-0.2, -0.15) is 0 Å². The Morgan fingerprint density at radius 1 is 1.33 bits per heavy atom. The molecule has 96 valence electrons. The highest BCUT2D eigenvalue weighted by atomic mass is 16.3. The molecule has 1 amide bonds. The molecular formula is C13H16N2O3. The van der Waals surface area contributed by atoms with Crippen LogP contribution in [0.2, 0.25) is 0 Å². The summed E-state index contributed by atoms with van der Waals surface area (Å²) in [5.74, 6) is -0.288. The number of rotatable bonds is 1. The predicted octanol–water partition coefficient (Wildman–Crippen LogP) is 0.267. The van der Waals surface area contributed by atoms with Crippen molar-refractivity contribution < 1.29 is 15.0 Å². The number of hydrogen-bond donors (Lipinski definition) is 2. The van der Waals surface area contributed by atoms with E-state index in [0.29, 0.717) is 12.1 Å². The van der Waals surface area contributed by atoms with Crippen LogP contribution in [0.3, 0.4) is 0 Å². The summed E-state index contributed by atoms with van der Waals surface area (Å²) in [7, 11) is 1.67. The van der Waals surface area contributed by atoms with E-state index in [1.807, 2.05) is 12.1 Å². The van der Waals surface area contributed by atoms with Gasteiger partial charge in [0.25, 0.3) is 5.91 Å². The van der Waals surface area contributed by atoms with Crippen molar-refractivity contribution in [3.05, 3.63) is 23.8 Å². The second-order valence-electron chi connectivity index (χ2n) is 4.93. The van der Waals surface area contributed by atoms with E-state index in [-0.39, 0.29) is 12.0 Å². The van der Waals surface area contributed by atoms with Gasteiger partial charge in [-0.05, 0) is 18.6 Å².